The van der Waals surface area contributed by atoms with Gasteiger partial charge in [0.15, 0.2) is 0 Å². The highest BCUT2D eigenvalue weighted by Gasteiger charge is 2.11. The van der Waals surface area contributed by atoms with Crippen molar-refractivity contribution in [2.45, 2.75) is 122 Å². The molecule has 0 aromatic heterocycles. The van der Waals surface area contributed by atoms with E-state index in [0.29, 0.717) is 25.9 Å². The van der Waals surface area contributed by atoms with Gasteiger partial charge >= 0.3 is 0 Å². The summed E-state index contributed by atoms with van der Waals surface area (Å²) in [4.78, 5) is 2.03. The maximum atomic E-state index is 10.9. The number of hydrogen-bond acceptors (Lipinski definition) is 5. The largest absolute Gasteiger partial charge is 0.303 e. The molecule has 200 valence electrons. The second-order valence-electron chi connectivity index (χ2n) is 9.42. The first-order chi connectivity index (χ1) is 15.6. The van der Waals surface area contributed by atoms with Crippen LogP contribution in [0.2, 0.25) is 0 Å². The minimum atomic E-state index is -3.98. The Morgan fingerprint density at radius 3 is 1.03 bits per heavy atom. The van der Waals surface area contributed by atoms with Gasteiger partial charge in [-0.1, -0.05) is 103 Å². The van der Waals surface area contributed by atoms with Gasteiger partial charge in [0, 0.05) is 0 Å². The van der Waals surface area contributed by atoms with Crippen molar-refractivity contribution in [3.05, 3.63) is 0 Å². The third kappa shape index (κ3) is 27.9. The smallest absolute Gasteiger partial charge is 0.264 e. The molecule has 0 heterocycles. The average molecular weight is 514 g/mol. The van der Waals surface area contributed by atoms with Crippen LogP contribution >= 0.6 is 0 Å². The molecule has 0 aromatic carbocycles. The molecule has 2 N–H and O–H groups in total. The maximum absolute atomic E-state index is 10.9. The van der Waals surface area contributed by atoms with E-state index in [2.05, 4.69) is 6.92 Å². The third-order valence-electron chi connectivity index (χ3n) is 6.08. The second kappa shape index (κ2) is 21.1. The molecule has 0 aliphatic carbocycles. The van der Waals surface area contributed by atoms with Crippen molar-refractivity contribution < 1.29 is 25.9 Å². The summed E-state index contributed by atoms with van der Waals surface area (Å²) in [6, 6.07) is 0. The maximum Gasteiger partial charge on any atom is 0.264 e. The fourth-order valence-corrected chi connectivity index (χ4v) is 5.15. The molecule has 0 rings (SSSR count). The zero-order valence-electron chi connectivity index (χ0n) is 21.1. The Bertz CT molecular complexity index is 599. The van der Waals surface area contributed by atoms with Crippen LogP contribution in [-0.2, 0) is 20.2 Å². The van der Waals surface area contributed by atoms with Gasteiger partial charge in [0.25, 0.3) is 20.2 Å². The van der Waals surface area contributed by atoms with E-state index in [0.717, 1.165) is 19.4 Å². The monoisotopic (exact) mass is 513 g/mol. The Balaban J connectivity index is 3.70. The van der Waals surface area contributed by atoms with Crippen LogP contribution in [0, 0.1) is 0 Å². The van der Waals surface area contributed by atoms with Crippen molar-refractivity contribution in [1.29, 1.82) is 0 Å². The molecule has 33 heavy (non-hydrogen) atoms. The molecule has 0 aromatic rings. The van der Waals surface area contributed by atoms with Gasteiger partial charge in [-0.25, -0.2) is 0 Å². The lowest BCUT2D eigenvalue weighted by molar-refractivity contribution is 0.267. The molecule has 0 atom stereocenters. The van der Waals surface area contributed by atoms with Crippen molar-refractivity contribution >= 4 is 20.2 Å². The second-order valence-corrected chi connectivity index (χ2v) is 12.6. The fourth-order valence-electron chi connectivity index (χ4n) is 4.16. The summed E-state index contributed by atoms with van der Waals surface area (Å²) < 4.78 is 61.4. The summed E-state index contributed by atoms with van der Waals surface area (Å²) in [5.74, 6) is -0.582. The lowest BCUT2D eigenvalue weighted by atomic mass is 10.0. The molecular weight excluding hydrogens is 462 g/mol. The quantitative estimate of drug-likeness (QED) is 0.112. The Hall–Kier alpha value is -0.220. The molecule has 0 amide bonds. The highest BCUT2D eigenvalue weighted by Crippen LogP contribution is 2.14. The van der Waals surface area contributed by atoms with Crippen LogP contribution in [-0.4, -0.2) is 62.0 Å². The molecule has 0 aliphatic rings. The Morgan fingerprint density at radius 2 is 0.727 bits per heavy atom. The predicted molar refractivity (Wildman–Crippen MR) is 138 cm³/mol. The average Bonchev–Trinajstić information content (AvgIpc) is 2.71. The number of unbranched alkanes of at least 4 members (excludes halogenated alkanes) is 15. The minimum Gasteiger partial charge on any atom is -0.303 e. The first-order valence-corrected chi connectivity index (χ1v) is 16.5. The lowest BCUT2D eigenvalue weighted by Gasteiger charge is -2.21. The molecular formula is C24H51NO6S2. The van der Waals surface area contributed by atoms with Gasteiger partial charge in [0.05, 0.1) is 11.5 Å². The molecule has 9 heteroatoms. The summed E-state index contributed by atoms with van der Waals surface area (Å²) in [5, 5.41) is 0. The van der Waals surface area contributed by atoms with E-state index in [9.17, 15) is 16.8 Å². The summed E-state index contributed by atoms with van der Waals surface area (Å²) in [6.45, 7) is 4.01. The number of rotatable bonds is 25. The van der Waals surface area contributed by atoms with Crippen molar-refractivity contribution in [1.82, 2.24) is 4.90 Å². The topological polar surface area (TPSA) is 112 Å². The van der Waals surface area contributed by atoms with Gasteiger partial charge in [-0.05, 0) is 38.9 Å². The molecule has 0 aliphatic heterocycles. The van der Waals surface area contributed by atoms with E-state index < -0.39 is 20.2 Å². The third-order valence-corrected chi connectivity index (χ3v) is 7.69. The first kappa shape index (κ1) is 32.8. The van der Waals surface area contributed by atoms with E-state index in [-0.39, 0.29) is 11.5 Å². The van der Waals surface area contributed by atoms with Gasteiger partial charge in [0.2, 0.25) is 0 Å². The van der Waals surface area contributed by atoms with Crippen molar-refractivity contribution in [2.24, 2.45) is 0 Å². The zero-order chi connectivity index (χ0) is 24.8. The molecule has 0 spiro atoms. The van der Waals surface area contributed by atoms with E-state index in [4.69, 9.17) is 9.11 Å². The van der Waals surface area contributed by atoms with Crippen LogP contribution in [0.3, 0.4) is 0 Å². The summed E-state index contributed by atoms with van der Waals surface area (Å²) >= 11 is 0. The van der Waals surface area contributed by atoms with E-state index in [1.54, 1.807) is 0 Å². The van der Waals surface area contributed by atoms with Gasteiger partial charge in [-0.15, -0.1) is 0 Å². The van der Waals surface area contributed by atoms with Crippen LogP contribution in [0.5, 0.6) is 0 Å². The number of hydrogen-bond donors (Lipinski definition) is 2. The van der Waals surface area contributed by atoms with Crippen LogP contribution in [0.4, 0.5) is 0 Å². The highest BCUT2D eigenvalue weighted by molar-refractivity contribution is 7.86. The molecule has 0 fully saturated rings. The molecule has 0 saturated heterocycles. The summed E-state index contributed by atoms with van der Waals surface area (Å²) in [6.07, 6.45) is 21.5. The van der Waals surface area contributed by atoms with Crippen molar-refractivity contribution in [3.63, 3.8) is 0 Å². The Kier molecular flexibility index (Phi) is 21.0. The fraction of sp³-hybridized carbons (Fsp3) is 1.00. The van der Waals surface area contributed by atoms with Crippen LogP contribution in [0.25, 0.3) is 0 Å². The van der Waals surface area contributed by atoms with Crippen molar-refractivity contribution in [2.75, 3.05) is 31.1 Å². The summed E-state index contributed by atoms with van der Waals surface area (Å²) in [5.41, 5.74) is 0. The Morgan fingerprint density at radius 1 is 0.455 bits per heavy atom. The number of nitrogens with zero attached hydrogens (tertiary/aromatic N) is 1. The predicted octanol–water partition coefficient (Wildman–Crippen LogP) is 6.11. The normalized spacial score (nSPS) is 12.6. The van der Waals surface area contributed by atoms with Crippen LogP contribution < -0.4 is 0 Å². The van der Waals surface area contributed by atoms with E-state index in [1.165, 1.54) is 89.9 Å². The summed E-state index contributed by atoms with van der Waals surface area (Å²) in [7, 11) is -7.96. The van der Waals surface area contributed by atoms with Gasteiger partial charge in [-0.2, -0.15) is 16.8 Å². The van der Waals surface area contributed by atoms with Gasteiger partial charge in [-0.3, -0.25) is 9.11 Å². The van der Waals surface area contributed by atoms with Gasteiger partial charge in [0.1, 0.15) is 0 Å². The Labute approximate surface area is 204 Å². The van der Waals surface area contributed by atoms with Crippen LogP contribution in [0.1, 0.15) is 122 Å². The first-order valence-electron chi connectivity index (χ1n) is 13.3. The molecule has 7 nitrogen and oxygen atoms in total. The molecule has 0 saturated carbocycles. The molecule has 0 bridgehead atoms. The minimum absolute atomic E-state index is 0.291. The van der Waals surface area contributed by atoms with Gasteiger partial charge < -0.3 is 4.90 Å². The molecule has 0 unspecified atom stereocenters. The highest BCUT2D eigenvalue weighted by atomic mass is 32.2. The standard InChI is InChI=1S/C24H51NO6S2/c1-2-3-4-5-6-7-8-9-10-11-12-13-14-15-16-17-20-25(21-18-23-32(26,27)28)22-19-24-33(29,30)31/h2-24H2,1H3,(H,26,27,28)(H,29,30,31). The van der Waals surface area contributed by atoms with Crippen LogP contribution in [0.15, 0.2) is 0 Å². The SMILES string of the molecule is CCCCCCCCCCCCCCCCCCN(CCCS(=O)(=O)O)CCCS(=O)(=O)O. The zero-order valence-corrected chi connectivity index (χ0v) is 22.7. The van der Waals surface area contributed by atoms with Crippen molar-refractivity contribution in [3.8, 4) is 0 Å². The van der Waals surface area contributed by atoms with E-state index >= 15 is 0 Å². The van der Waals surface area contributed by atoms with E-state index in [1.807, 2.05) is 4.90 Å². The molecule has 0 radical (unpaired) electrons. The lowest BCUT2D eigenvalue weighted by Crippen LogP contribution is -2.29.